The molecular weight excluding hydrogens is 190 g/mol. The first-order valence-electron chi connectivity index (χ1n) is 5.70. The molecule has 1 saturated heterocycles. The van der Waals surface area contributed by atoms with E-state index in [0.717, 1.165) is 50.5 Å². The molecule has 0 radical (unpaired) electrons. The fourth-order valence-corrected chi connectivity index (χ4v) is 1.95. The summed E-state index contributed by atoms with van der Waals surface area (Å²) in [5, 5.41) is 6.46. The van der Waals surface area contributed by atoms with Crippen molar-refractivity contribution in [3.63, 3.8) is 0 Å². The molecule has 2 heterocycles. The zero-order valence-electron chi connectivity index (χ0n) is 9.25. The monoisotopic (exact) mass is 209 g/mol. The third-order valence-corrected chi connectivity index (χ3v) is 2.89. The van der Waals surface area contributed by atoms with Crippen LogP contribution in [0.2, 0.25) is 0 Å². The second-order valence-corrected chi connectivity index (χ2v) is 4.05. The fraction of sp³-hybridized carbons (Fsp3) is 0.727. The first kappa shape index (κ1) is 10.6. The highest BCUT2D eigenvalue weighted by molar-refractivity contribution is 5.02. The van der Waals surface area contributed by atoms with E-state index < -0.39 is 0 Å². The van der Waals surface area contributed by atoms with Gasteiger partial charge < -0.3 is 15.1 Å². The van der Waals surface area contributed by atoms with Crippen molar-refractivity contribution in [1.82, 2.24) is 15.6 Å². The van der Waals surface area contributed by atoms with Crippen LogP contribution in [0.1, 0.15) is 30.3 Å². The standard InChI is InChI=1S/C11H19N3O/c1-12-5-4-10-8-15-11(14-10)9-2-6-13-7-3-9/h8-9,12-13H,2-7H2,1H3. The molecule has 4 nitrogen and oxygen atoms in total. The van der Waals surface area contributed by atoms with Gasteiger partial charge in [-0.25, -0.2) is 4.98 Å². The quantitative estimate of drug-likeness (QED) is 0.773. The van der Waals surface area contributed by atoms with Crippen LogP contribution in [0.15, 0.2) is 10.7 Å². The summed E-state index contributed by atoms with van der Waals surface area (Å²) in [5.74, 6) is 1.46. The van der Waals surface area contributed by atoms with E-state index in [2.05, 4.69) is 15.6 Å². The summed E-state index contributed by atoms with van der Waals surface area (Å²) in [6, 6.07) is 0. The van der Waals surface area contributed by atoms with Gasteiger partial charge in [0.25, 0.3) is 0 Å². The zero-order chi connectivity index (χ0) is 10.5. The lowest BCUT2D eigenvalue weighted by Crippen LogP contribution is -2.26. The van der Waals surface area contributed by atoms with Gasteiger partial charge >= 0.3 is 0 Å². The molecule has 84 valence electrons. The third kappa shape index (κ3) is 2.79. The molecule has 1 fully saturated rings. The van der Waals surface area contributed by atoms with Gasteiger partial charge in [0, 0.05) is 18.9 Å². The van der Waals surface area contributed by atoms with Gasteiger partial charge in [-0.2, -0.15) is 0 Å². The summed E-state index contributed by atoms with van der Waals surface area (Å²) in [5.41, 5.74) is 1.07. The lowest BCUT2D eigenvalue weighted by Gasteiger charge is -2.19. The second-order valence-electron chi connectivity index (χ2n) is 4.05. The minimum Gasteiger partial charge on any atom is -0.448 e. The van der Waals surface area contributed by atoms with E-state index in [1.165, 1.54) is 0 Å². The predicted molar refractivity (Wildman–Crippen MR) is 59.0 cm³/mol. The van der Waals surface area contributed by atoms with Crippen LogP contribution in [0, 0.1) is 0 Å². The molecule has 1 aromatic heterocycles. The molecule has 0 amide bonds. The Balaban J connectivity index is 1.93. The molecule has 0 unspecified atom stereocenters. The third-order valence-electron chi connectivity index (χ3n) is 2.89. The molecule has 1 aromatic rings. The number of rotatable bonds is 4. The topological polar surface area (TPSA) is 50.1 Å². The predicted octanol–water partition coefficient (Wildman–Crippen LogP) is 0.903. The molecule has 15 heavy (non-hydrogen) atoms. The summed E-state index contributed by atoms with van der Waals surface area (Å²) in [6.07, 6.45) is 5.04. The molecule has 2 rings (SSSR count). The van der Waals surface area contributed by atoms with E-state index in [4.69, 9.17) is 4.42 Å². The molecule has 1 aliphatic heterocycles. The van der Waals surface area contributed by atoms with E-state index >= 15 is 0 Å². The van der Waals surface area contributed by atoms with Crippen LogP contribution in [0.5, 0.6) is 0 Å². The Morgan fingerprint density at radius 1 is 1.53 bits per heavy atom. The van der Waals surface area contributed by atoms with E-state index in [1.54, 1.807) is 6.26 Å². The summed E-state index contributed by atoms with van der Waals surface area (Å²) in [7, 11) is 1.95. The van der Waals surface area contributed by atoms with Crippen molar-refractivity contribution in [3.05, 3.63) is 17.8 Å². The minimum atomic E-state index is 0.523. The van der Waals surface area contributed by atoms with Crippen LogP contribution >= 0.6 is 0 Å². The number of likely N-dealkylation sites (N-methyl/N-ethyl adjacent to an activating group) is 1. The van der Waals surface area contributed by atoms with Crippen LogP contribution < -0.4 is 10.6 Å². The van der Waals surface area contributed by atoms with E-state index in [9.17, 15) is 0 Å². The summed E-state index contributed by atoms with van der Waals surface area (Å²) in [4.78, 5) is 4.54. The highest BCUT2D eigenvalue weighted by atomic mass is 16.3. The van der Waals surface area contributed by atoms with Gasteiger partial charge in [-0.05, 0) is 33.0 Å². The van der Waals surface area contributed by atoms with Crippen molar-refractivity contribution < 1.29 is 4.42 Å². The number of oxazole rings is 1. The summed E-state index contributed by atoms with van der Waals surface area (Å²) in [6.45, 7) is 3.12. The largest absolute Gasteiger partial charge is 0.448 e. The Bertz CT molecular complexity index is 292. The van der Waals surface area contributed by atoms with Gasteiger partial charge in [0.15, 0.2) is 5.89 Å². The number of piperidine rings is 1. The highest BCUT2D eigenvalue weighted by Crippen LogP contribution is 2.24. The number of hydrogen-bond acceptors (Lipinski definition) is 4. The van der Waals surface area contributed by atoms with E-state index in [1.807, 2.05) is 7.05 Å². The zero-order valence-corrected chi connectivity index (χ0v) is 9.25. The Kier molecular flexibility index (Phi) is 3.75. The van der Waals surface area contributed by atoms with Crippen LogP contribution in [0.3, 0.4) is 0 Å². The van der Waals surface area contributed by atoms with Gasteiger partial charge in [0.05, 0.1) is 5.69 Å². The van der Waals surface area contributed by atoms with Gasteiger partial charge in [0.1, 0.15) is 6.26 Å². The molecule has 0 aliphatic carbocycles. The Morgan fingerprint density at radius 3 is 3.07 bits per heavy atom. The Labute approximate surface area is 90.5 Å². The first-order chi connectivity index (χ1) is 7.40. The van der Waals surface area contributed by atoms with Crippen molar-refractivity contribution in [1.29, 1.82) is 0 Å². The number of nitrogens with zero attached hydrogens (tertiary/aromatic N) is 1. The Hall–Kier alpha value is -0.870. The fourth-order valence-electron chi connectivity index (χ4n) is 1.95. The highest BCUT2D eigenvalue weighted by Gasteiger charge is 2.19. The molecule has 0 bridgehead atoms. The maximum atomic E-state index is 5.53. The lowest BCUT2D eigenvalue weighted by atomic mass is 9.98. The van der Waals surface area contributed by atoms with E-state index in [-0.39, 0.29) is 0 Å². The summed E-state index contributed by atoms with van der Waals surface area (Å²) < 4.78 is 5.53. The molecule has 0 spiro atoms. The average molecular weight is 209 g/mol. The normalized spacial score (nSPS) is 18.2. The van der Waals surface area contributed by atoms with Crippen molar-refractivity contribution in [3.8, 4) is 0 Å². The number of nitrogens with one attached hydrogen (secondary N) is 2. The van der Waals surface area contributed by atoms with Gasteiger partial charge in [-0.3, -0.25) is 0 Å². The maximum Gasteiger partial charge on any atom is 0.197 e. The van der Waals surface area contributed by atoms with Crippen molar-refractivity contribution in [2.45, 2.75) is 25.2 Å². The van der Waals surface area contributed by atoms with Crippen molar-refractivity contribution in [2.75, 3.05) is 26.7 Å². The first-order valence-corrected chi connectivity index (χ1v) is 5.70. The molecule has 0 atom stereocenters. The maximum absolute atomic E-state index is 5.53. The van der Waals surface area contributed by atoms with Crippen molar-refractivity contribution in [2.24, 2.45) is 0 Å². The number of hydrogen-bond donors (Lipinski definition) is 2. The SMILES string of the molecule is CNCCc1coc(C2CCNCC2)n1. The van der Waals surface area contributed by atoms with Crippen LogP contribution in [-0.2, 0) is 6.42 Å². The Morgan fingerprint density at radius 2 is 2.33 bits per heavy atom. The lowest BCUT2D eigenvalue weighted by molar-refractivity contribution is 0.374. The van der Waals surface area contributed by atoms with Gasteiger partial charge in [-0.15, -0.1) is 0 Å². The van der Waals surface area contributed by atoms with Crippen LogP contribution in [0.25, 0.3) is 0 Å². The smallest absolute Gasteiger partial charge is 0.197 e. The molecule has 2 N–H and O–H groups in total. The number of aromatic nitrogens is 1. The summed E-state index contributed by atoms with van der Waals surface area (Å²) >= 11 is 0. The molecule has 4 heteroatoms. The minimum absolute atomic E-state index is 0.523. The molecule has 0 aromatic carbocycles. The average Bonchev–Trinajstić information content (AvgIpc) is 2.76. The van der Waals surface area contributed by atoms with Crippen molar-refractivity contribution >= 4 is 0 Å². The molecular formula is C11H19N3O. The van der Waals surface area contributed by atoms with Gasteiger partial charge in [-0.1, -0.05) is 0 Å². The van der Waals surface area contributed by atoms with Crippen LogP contribution in [-0.4, -0.2) is 31.7 Å². The second kappa shape index (κ2) is 5.28. The van der Waals surface area contributed by atoms with E-state index in [0.29, 0.717) is 5.92 Å². The molecule has 0 saturated carbocycles. The van der Waals surface area contributed by atoms with Crippen LogP contribution in [0.4, 0.5) is 0 Å². The van der Waals surface area contributed by atoms with Gasteiger partial charge in [0.2, 0.25) is 0 Å². The molecule has 1 aliphatic rings.